The Morgan fingerprint density at radius 2 is 2.38 bits per heavy atom. The maximum absolute atomic E-state index is 12.8. The zero-order valence-corrected chi connectivity index (χ0v) is 13.5. The molecule has 1 fully saturated rings. The van der Waals surface area contributed by atoms with Gasteiger partial charge in [-0.2, -0.15) is 0 Å². The quantitative estimate of drug-likeness (QED) is 0.921. The molecule has 21 heavy (non-hydrogen) atoms. The minimum atomic E-state index is -0.0651. The summed E-state index contributed by atoms with van der Waals surface area (Å²) in [5.41, 5.74) is 0.952. The second kappa shape index (κ2) is 5.79. The molecule has 1 atom stereocenters. The number of rotatable bonds is 2. The Morgan fingerprint density at radius 3 is 3.00 bits per heavy atom. The van der Waals surface area contributed by atoms with E-state index in [-0.39, 0.29) is 11.9 Å². The van der Waals surface area contributed by atoms with Crippen LogP contribution in [-0.2, 0) is 7.05 Å². The van der Waals surface area contributed by atoms with Crippen LogP contribution in [0.15, 0.2) is 17.8 Å². The molecule has 2 aromatic rings. The highest BCUT2D eigenvalue weighted by molar-refractivity contribution is 7.13. The molecule has 7 heteroatoms. The summed E-state index contributed by atoms with van der Waals surface area (Å²) < 4.78 is 1.96. The van der Waals surface area contributed by atoms with E-state index in [0.29, 0.717) is 23.0 Å². The highest BCUT2D eigenvalue weighted by atomic mass is 35.5. The van der Waals surface area contributed by atoms with Gasteiger partial charge in [-0.05, 0) is 17.9 Å². The van der Waals surface area contributed by atoms with Crippen molar-refractivity contribution in [1.82, 2.24) is 19.8 Å². The molecule has 1 aliphatic rings. The van der Waals surface area contributed by atoms with Gasteiger partial charge in [0.2, 0.25) is 0 Å². The number of hydrogen-bond donors (Lipinski definition) is 1. The SMILES string of the molecule is Cc1csc(C(=O)N2CCNCC2c2nccn2C)c1Cl. The summed E-state index contributed by atoms with van der Waals surface area (Å²) in [4.78, 5) is 19.7. The maximum Gasteiger partial charge on any atom is 0.266 e. The van der Waals surface area contributed by atoms with Crippen LogP contribution in [0.5, 0.6) is 0 Å². The predicted octanol–water partition coefficient (Wildman–Crippen LogP) is 2.23. The Balaban J connectivity index is 1.93. The van der Waals surface area contributed by atoms with Crippen molar-refractivity contribution < 1.29 is 4.79 Å². The molecule has 112 valence electrons. The number of thiophene rings is 1. The molecule has 0 bridgehead atoms. The third-order valence-electron chi connectivity index (χ3n) is 3.75. The summed E-state index contributed by atoms with van der Waals surface area (Å²) in [5.74, 6) is 0.882. The number of imidazole rings is 1. The first-order chi connectivity index (χ1) is 10.1. The van der Waals surface area contributed by atoms with E-state index in [4.69, 9.17) is 11.6 Å². The number of aromatic nitrogens is 2. The van der Waals surface area contributed by atoms with E-state index in [0.717, 1.165) is 17.9 Å². The Bertz CT molecular complexity index is 666. The number of halogens is 1. The minimum Gasteiger partial charge on any atom is -0.336 e. The summed E-state index contributed by atoms with van der Waals surface area (Å²) in [6.07, 6.45) is 3.66. The molecule has 0 saturated carbocycles. The summed E-state index contributed by atoms with van der Waals surface area (Å²) in [6.45, 7) is 4.07. The van der Waals surface area contributed by atoms with Gasteiger partial charge < -0.3 is 14.8 Å². The van der Waals surface area contributed by atoms with Crippen molar-refractivity contribution in [2.45, 2.75) is 13.0 Å². The van der Waals surface area contributed by atoms with Crippen LogP contribution in [0.4, 0.5) is 0 Å². The first kappa shape index (κ1) is 14.6. The number of aryl methyl sites for hydroxylation is 2. The van der Waals surface area contributed by atoms with Gasteiger partial charge in [0.25, 0.3) is 5.91 Å². The molecule has 3 rings (SSSR count). The number of amides is 1. The van der Waals surface area contributed by atoms with E-state index >= 15 is 0 Å². The lowest BCUT2D eigenvalue weighted by Gasteiger charge is -2.35. The average Bonchev–Trinajstić information content (AvgIpc) is 3.05. The summed E-state index contributed by atoms with van der Waals surface area (Å²) in [6, 6.07) is -0.0651. The zero-order chi connectivity index (χ0) is 15.0. The molecule has 1 saturated heterocycles. The van der Waals surface area contributed by atoms with Crippen molar-refractivity contribution in [2.75, 3.05) is 19.6 Å². The van der Waals surface area contributed by atoms with Gasteiger partial charge in [-0.25, -0.2) is 4.98 Å². The number of hydrogen-bond acceptors (Lipinski definition) is 4. The van der Waals surface area contributed by atoms with Gasteiger partial charge in [0.05, 0.1) is 5.02 Å². The number of piperazine rings is 1. The molecule has 0 spiro atoms. The molecule has 3 heterocycles. The van der Waals surface area contributed by atoms with Crippen LogP contribution in [-0.4, -0.2) is 40.0 Å². The van der Waals surface area contributed by atoms with E-state index in [1.54, 1.807) is 6.20 Å². The van der Waals surface area contributed by atoms with Crippen molar-refractivity contribution in [1.29, 1.82) is 0 Å². The van der Waals surface area contributed by atoms with Crippen molar-refractivity contribution in [3.05, 3.63) is 39.1 Å². The monoisotopic (exact) mass is 324 g/mol. The maximum atomic E-state index is 12.8. The molecular formula is C14H17ClN4OS. The van der Waals surface area contributed by atoms with Crippen LogP contribution in [0.1, 0.15) is 27.1 Å². The van der Waals surface area contributed by atoms with Crippen LogP contribution in [0.2, 0.25) is 5.02 Å². The lowest BCUT2D eigenvalue weighted by atomic mass is 10.1. The van der Waals surface area contributed by atoms with Gasteiger partial charge in [0.15, 0.2) is 0 Å². The fraction of sp³-hybridized carbons (Fsp3) is 0.429. The summed E-state index contributed by atoms with van der Waals surface area (Å²) in [7, 11) is 1.95. The molecular weight excluding hydrogens is 308 g/mol. The van der Waals surface area contributed by atoms with E-state index < -0.39 is 0 Å². The Labute approximate surface area is 132 Å². The van der Waals surface area contributed by atoms with Gasteiger partial charge in [-0.15, -0.1) is 11.3 Å². The van der Waals surface area contributed by atoms with Gasteiger partial charge in [0.1, 0.15) is 16.7 Å². The van der Waals surface area contributed by atoms with Crippen LogP contribution >= 0.6 is 22.9 Å². The Kier molecular flexibility index (Phi) is 4.01. The standard InChI is InChI=1S/C14H17ClN4OS/c1-9-8-21-12(11(9)15)14(20)19-6-3-16-7-10(19)13-17-4-5-18(13)2/h4-5,8,10,16H,3,6-7H2,1-2H3. The lowest BCUT2D eigenvalue weighted by molar-refractivity contribution is 0.0626. The second-order valence-corrected chi connectivity index (χ2v) is 6.43. The van der Waals surface area contributed by atoms with Crippen LogP contribution < -0.4 is 5.32 Å². The number of carbonyl (C=O) groups excluding carboxylic acids is 1. The molecule has 1 N–H and O–H groups in total. The molecule has 5 nitrogen and oxygen atoms in total. The van der Waals surface area contributed by atoms with Gasteiger partial charge in [-0.1, -0.05) is 11.6 Å². The fourth-order valence-corrected chi connectivity index (χ4v) is 3.81. The topological polar surface area (TPSA) is 50.2 Å². The van der Waals surface area contributed by atoms with Crippen molar-refractivity contribution in [2.24, 2.45) is 7.05 Å². The summed E-state index contributed by atoms with van der Waals surface area (Å²) in [5, 5.41) is 5.83. The van der Waals surface area contributed by atoms with Crippen molar-refractivity contribution >= 4 is 28.8 Å². The van der Waals surface area contributed by atoms with Gasteiger partial charge >= 0.3 is 0 Å². The van der Waals surface area contributed by atoms with Crippen LogP contribution in [0.25, 0.3) is 0 Å². The number of nitrogens with zero attached hydrogens (tertiary/aromatic N) is 3. The van der Waals surface area contributed by atoms with E-state index in [2.05, 4.69) is 10.3 Å². The van der Waals surface area contributed by atoms with E-state index in [1.807, 2.05) is 35.0 Å². The molecule has 1 unspecified atom stereocenters. The molecule has 0 radical (unpaired) electrons. The molecule has 1 amide bonds. The highest BCUT2D eigenvalue weighted by Gasteiger charge is 2.32. The minimum absolute atomic E-state index is 0.00685. The molecule has 0 aliphatic carbocycles. The first-order valence-corrected chi connectivity index (χ1v) is 8.08. The largest absolute Gasteiger partial charge is 0.336 e. The third kappa shape index (κ3) is 2.59. The Hall–Kier alpha value is -1.37. The van der Waals surface area contributed by atoms with E-state index in [1.165, 1.54) is 11.3 Å². The number of carbonyl (C=O) groups is 1. The normalized spacial score (nSPS) is 19.0. The zero-order valence-electron chi connectivity index (χ0n) is 12.0. The number of nitrogens with one attached hydrogen (secondary N) is 1. The van der Waals surface area contributed by atoms with Gasteiger partial charge in [-0.3, -0.25) is 4.79 Å². The van der Waals surface area contributed by atoms with E-state index in [9.17, 15) is 4.79 Å². The third-order valence-corrected chi connectivity index (χ3v) is 5.44. The molecule has 1 aliphatic heterocycles. The highest BCUT2D eigenvalue weighted by Crippen LogP contribution is 2.31. The van der Waals surface area contributed by atoms with Crippen LogP contribution in [0.3, 0.4) is 0 Å². The first-order valence-electron chi connectivity index (χ1n) is 6.82. The van der Waals surface area contributed by atoms with Crippen molar-refractivity contribution in [3.8, 4) is 0 Å². The second-order valence-electron chi connectivity index (χ2n) is 5.18. The molecule has 2 aromatic heterocycles. The smallest absolute Gasteiger partial charge is 0.266 e. The predicted molar refractivity (Wildman–Crippen MR) is 83.9 cm³/mol. The van der Waals surface area contributed by atoms with Gasteiger partial charge in [0, 0.05) is 39.1 Å². The van der Waals surface area contributed by atoms with Crippen molar-refractivity contribution in [3.63, 3.8) is 0 Å². The average molecular weight is 325 g/mol. The fourth-order valence-electron chi connectivity index (χ4n) is 2.58. The Morgan fingerprint density at radius 1 is 1.57 bits per heavy atom. The van der Waals surface area contributed by atoms with Crippen LogP contribution in [0, 0.1) is 6.92 Å². The summed E-state index contributed by atoms with van der Waals surface area (Å²) >= 11 is 7.66. The lowest BCUT2D eigenvalue weighted by Crippen LogP contribution is -2.49. The molecule has 0 aromatic carbocycles.